The van der Waals surface area contributed by atoms with E-state index in [1.165, 1.54) is 0 Å². The fraction of sp³-hybridized carbons (Fsp3) is 1.00. The van der Waals surface area contributed by atoms with Crippen molar-refractivity contribution in [2.45, 2.75) is 12.2 Å². The highest BCUT2D eigenvalue weighted by Gasteiger charge is 2.46. The van der Waals surface area contributed by atoms with Gasteiger partial charge in [-0.25, -0.2) is 4.31 Å². The van der Waals surface area contributed by atoms with Crippen LogP contribution in [0.2, 0.25) is 0 Å². The highest BCUT2D eigenvalue weighted by Crippen LogP contribution is 2.30. The van der Waals surface area contributed by atoms with Crippen molar-refractivity contribution in [3.8, 4) is 0 Å². The van der Waals surface area contributed by atoms with Crippen LogP contribution in [0.25, 0.3) is 0 Å². The molecule has 40 valence electrons. The lowest BCUT2D eigenvalue weighted by Gasteiger charge is -2.04. The topological polar surface area (TPSA) is 15.8 Å². The Kier molecular flexibility index (Phi) is 0.690. The van der Waals surface area contributed by atoms with E-state index < -0.39 is 0 Å². The van der Waals surface area contributed by atoms with Crippen LogP contribution >= 0.6 is 12.8 Å². The SMILES string of the molecule is SN1CC2OC2C1. The molecule has 0 saturated carbocycles. The molecule has 2 heterocycles. The zero-order valence-electron chi connectivity index (χ0n) is 3.87. The standard InChI is InChI=1S/C4H7NOS/c7-5-1-3-4(2-5)6-3/h3-4,7H,1-2H2. The van der Waals surface area contributed by atoms with E-state index in [1.54, 1.807) is 0 Å². The summed E-state index contributed by atoms with van der Waals surface area (Å²) in [5.41, 5.74) is 0. The molecule has 7 heavy (non-hydrogen) atoms. The van der Waals surface area contributed by atoms with Gasteiger partial charge < -0.3 is 4.74 Å². The highest BCUT2D eigenvalue weighted by atomic mass is 32.1. The van der Waals surface area contributed by atoms with Gasteiger partial charge in [-0.1, -0.05) is 12.8 Å². The summed E-state index contributed by atoms with van der Waals surface area (Å²) in [4.78, 5) is 0. The molecule has 3 heteroatoms. The predicted octanol–water partition coefficient (Wildman–Crippen LogP) is -0.0858. The molecule has 2 saturated heterocycles. The van der Waals surface area contributed by atoms with E-state index >= 15 is 0 Å². The van der Waals surface area contributed by atoms with E-state index in [9.17, 15) is 0 Å². The van der Waals surface area contributed by atoms with Crippen molar-refractivity contribution in [2.75, 3.05) is 13.1 Å². The van der Waals surface area contributed by atoms with Crippen LogP contribution in [-0.4, -0.2) is 29.6 Å². The van der Waals surface area contributed by atoms with Crippen molar-refractivity contribution in [3.63, 3.8) is 0 Å². The van der Waals surface area contributed by atoms with E-state index in [4.69, 9.17) is 4.74 Å². The minimum atomic E-state index is 0.539. The average Bonchev–Trinajstić information content (AvgIpc) is 2.15. The summed E-state index contributed by atoms with van der Waals surface area (Å²) in [5.74, 6) is 0. The summed E-state index contributed by atoms with van der Waals surface area (Å²) < 4.78 is 7.13. The second-order valence-corrected chi connectivity index (χ2v) is 2.65. The molecule has 2 nitrogen and oxygen atoms in total. The summed E-state index contributed by atoms with van der Waals surface area (Å²) in [6.07, 6.45) is 1.08. The lowest BCUT2D eigenvalue weighted by molar-refractivity contribution is 0.286. The number of rotatable bonds is 0. The first-order valence-electron chi connectivity index (χ1n) is 2.45. The van der Waals surface area contributed by atoms with Crippen LogP contribution in [0.15, 0.2) is 0 Å². The fourth-order valence-electron chi connectivity index (χ4n) is 0.990. The molecule has 2 aliphatic rings. The maximum atomic E-state index is 5.13. The van der Waals surface area contributed by atoms with Crippen molar-refractivity contribution in [1.29, 1.82) is 0 Å². The largest absolute Gasteiger partial charge is 0.367 e. The van der Waals surface area contributed by atoms with Crippen molar-refractivity contribution >= 4 is 12.8 Å². The lowest BCUT2D eigenvalue weighted by Crippen LogP contribution is -2.11. The zero-order chi connectivity index (χ0) is 4.85. The molecule has 0 aromatic carbocycles. The summed E-state index contributed by atoms with van der Waals surface area (Å²) in [7, 11) is 0. The molecule has 2 fully saturated rings. The second kappa shape index (κ2) is 1.16. The summed E-state index contributed by atoms with van der Waals surface area (Å²) >= 11 is 4.14. The molecule has 0 aliphatic carbocycles. The summed E-state index contributed by atoms with van der Waals surface area (Å²) in [6, 6.07) is 0. The van der Waals surface area contributed by atoms with Crippen LogP contribution in [0.4, 0.5) is 0 Å². The average molecular weight is 117 g/mol. The molecule has 2 unspecified atom stereocenters. The first kappa shape index (κ1) is 4.18. The van der Waals surface area contributed by atoms with Gasteiger partial charge in [-0.3, -0.25) is 0 Å². The Labute approximate surface area is 48.0 Å². The van der Waals surface area contributed by atoms with E-state index in [-0.39, 0.29) is 0 Å². The molecule has 0 bridgehead atoms. The molecule has 2 rings (SSSR count). The Morgan fingerprint density at radius 3 is 2.29 bits per heavy atom. The minimum absolute atomic E-state index is 0.539. The van der Waals surface area contributed by atoms with Crippen molar-refractivity contribution in [1.82, 2.24) is 4.31 Å². The monoisotopic (exact) mass is 117 g/mol. The van der Waals surface area contributed by atoms with Crippen molar-refractivity contribution in [3.05, 3.63) is 0 Å². The maximum absolute atomic E-state index is 5.13. The highest BCUT2D eigenvalue weighted by molar-refractivity contribution is 7.77. The molecule has 2 atom stereocenters. The van der Waals surface area contributed by atoms with Gasteiger partial charge in [-0.15, -0.1) is 0 Å². The number of fused-ring (bicyclic) bond motifs is 1. The zero-order valence-corrected chi connectivity index (χ0v) is 4.77. The van der Waals surface area contributed by atoms with E-state index in [0.717, 1.165) is 13.1 Å². The Morgan fingerprint density at radius 2 is 2.00 bits per heavy atom. The van der Waals surface area contributed by atoms with Gasteiger partial charge in [-0.05, 0) is 0 Å². The number of ether oxygens (including phenoxy) is 1. The number of thiol groups is 1. The van der Waals surface area contributed by atoms with Gasteiger partial charge in [0.25, 0.3) is 0 Å². The Bertz CT molecular complexity index is 87.7. The van der Waals surface area contributed by atoms with Gasteiger partial charge in [0, 0.05) is 13.1 Å². The van der Waals surface area contributed by atoms with Crippen LogP contribution < -0.4 is 0 Å². The van der Waals surface area contributed by atoms with E-state index in [2.05, 4.69) is 12.8 Å². The third kappa shape index (κ3) is 0.561. The second-order valence-electron chi connectivity index (χ2n) is 2.08. The smallest absolute Gasteiger partial charge is 0.0991 e. The molecule has 2 aliphatic heterocycles. The number of epoxide rings is 1. The summed E-state index contributed by atoms with van der Waals surface area (Å²) in [5, 5.41) is 0. The van der Waals surface area contributed by atoms with Gasteiger partial charge in [0.15, 0.2) is 0 Å². The Morgan fingerprint density at radius 1 is 1.43 bits per heavy atom. The van der Waals surface area contributed by atoms with Crippen LogP contribution in [-0.2, 0) is 4.74 Å². The van der Waals surface area contributed by atoms with Crippen LogP contribution in [0.1, 0.15) is 0 Å². The first-order chi connectivity index (χ1) is 3.36. The molecule has 0 amide bonds. The van der Waals surface area contributed by atoms with E-state index in [0.29, 0.717) is 12.2 Å². The first-order valence-corrected chi connectivity index (χ1v) is 2.85. The molecular formula is C4H7NOS. The third-order valence-electron chi connectivity index (χ3n) is 1.47. The van der Waals surface area contributed by atoms with Crippen molar-refractivity contribution in [2.24, 2.45) is 0 Å². The van der Waals surface area contributed by atoms with Crippen LogP contribution in [0, 0.1) is 0 Å². The number of morpholine rings is 1. The van der Waals surface area contributed by atoms with Crippen LogP contribution in [0.3, 0.4) is 0 Å². The Hall–Kier alpha value is 0.270. The van der Waals surface area contributed by atoms with Gasteiger partial charge in [-0.2, -0.15) is 0 Å². The number of hydrogen-bond acceptors (Lipinski definition) is 3. The molecule has 0 aromatic rings. The number of hydrogen-bond donors (Lipinski definition) is 1. The van der Waals surface area contributed by atoms with Gasteiger partial charge in [0.1, 0.15) is 0 Å². The molecule has 0 N–H and O–H groups in total. The Balaban J connectivity index is 2.02. The predicted molar refractivity (Wildman–Crippen MR) is 29.2 cm³/mol. The molecule has 0 radical (unpaired) electrons. The van der Waals surface area contributed by atoms with E-state index in [1.807, 2.05) is 4.31 Å². The quantitative estimate of drug-likeness (QED) is 0.352. The molecule has 0 aromatic heterocycles. The lowest BCUT2D eigenvalue weighted by atomic mass is 10.4. The maximum Gasteiger partial charge on any atom is 0.0991 e. The van der Waals surface area contributed by atoms with Crippen LogP contribution in [0.5, 0.6) is 0 Å². The van der Waals surface area contributed by atoms with Crippen molar-refractivity contribution < 1.29 is 4.74 Å². The van der Waals surface area contributed by atoms with Gasteiger partial charge >= 0.3 is 0 Å². The fourth-order valence-corrected chi connectivity index (χ4v) is 1.31. The molecule has 0 spiro atoms. The summed E-state index contributed by atoms with van der Waals surface area (Å²) in [6.45, 7) is 2.04. The number of nitrogens with zero attached hydrogens (tertiary/aromatic N) is 1. The minimum Gasteiger partial charge on any atom is -0.367 e. The van der Waals surface area contributed by atoms with Gasteiger partial charge in [0.05, 0.1) is 12.2 Å². The molecular weight excluding hydrogens is 110 g/mol. The normalized spacial score (nSPS) is 49.3. The van der Waals surface area contributed by atoms with Gasteiger partial charge in [0.2, 0.25) is 0 Å². The third-order valence-corrected chi connectivity index (χ3v) is 1.80.